The van der Waals surface area contributed by atoms with Gasteiger partial charge in [0.2, 0.25) is 5.79 Å². The molecule has 3 heterocycles. The van der Waals surface area contributed by atoms with Crippen LogP contribution in [0.2, 0.25) is 0 Å². The third-order valence-corrected chi connectivity index (χ3v) is 5.36. The zero-order chi connectivity index (χ0) is 20.4. The summed E-state index contributed by atoms with van der Waals surface area (Å²) < 4.78 is 11.9. The Balaban J connectivity index is 1.27. The Kier molecular flexibility index (Phi) is 4.81. The largest absolute Gasteiger partial charge is 0.487 e. The van der Waals surface area contributed by atoms with Crippen LogP contribution in [0, 0.1) is 0 Å². The van der Waals surface area contributed by atoms with Crippen LogP contribution in [-0.2, 0) is 19.4 Å². The zero-order valence-electron chi connectivity index (χ0n) is 16.5. The summed E-state index contributed by atoms with van der Waals surface area (Å²) in [4.78, 5) is 8.76. The highest BCUT2D eigenvalue weighted by atomic mass is 16.6. The summed E-state index contributed by atoms with van der Waals surface area (Å²) in [6.07, 6.45) is 5.13. The van der Waals surface area contributed by atoms with E-state index in [0.29, 0.717) is 25.2 Å². The number of aryl methyl sites for hydroxylation is 1. The highest BCUT2D eigenvalue weighted by Gasteiger charge is 2.34. The summed E-state index contributed by atoms with van der Waals surface area (Å²) in [5, 5.41) is 12.0. The molecule has 2 aromatic heterocycles. The Labute approximate surface area is 175 Å². The van der Waals surface area contributed by atoms with Gasteiger partial charge in [-0.3, -0.25) is 4.98 Å². The number of fused-ring (bicyclic) bond motifs is 2. The fourth-order valence-electron chi connectivity index (χ4n) is 3.82. The highest BCUT2D eigenvalue weighted by Crippen LogP contribution is 2.36. The molecule has 1 N–H and O–H groups in total. The fraction of sp³-hybridized carbons (Fsp3) is 0.200. The smallest absolute Gasteiger partial charge is 0.212 e. The number of rotatable bonds is 5. The second-order valence-corrected chi connectivity index (χ2v) is 7.64. The van der Waals surface area contributed by atoms with Crippen molar-refractivity contribution in [3.63, 3.8) is 0 Å². The van der Waals surface area contributed by atoms with Crippen LogP contribution >= 0.6 is 0 Å². The number of aromatic nitrogens is 2. The molecule has 0 amide bonds. The minimum atomic E-state index is -1.21. The van der Waals surface area contributed by atoms with Gasteiger partial charge in [0.05, 0.1) is 11.2 Å². The molecule has 2 aromatic carbocycles. The molecule has 0 spiro atoms. The number of nitrogens with zero attached hydrogens (tertiary/aromatic N) is 2. The van der Waals surface area contributed by atoms with Crippen molar-refractivity contribution in [2.45, 2.75) is 31.7 Å². The third-order valence-electron chi connectivity index (χ3n) is 5.36. The molecule has 5 rings (SSSR count). The van der Waals surface area contributed by atoms with Gasteiger partial charge < -0.3 is 14.6 Å². The van der Waals surface area contributed by atoms with E-state index in [0.717, 1.165) is 39.9 Å². The van der Waals surface area contributed by atoms with Gasteiger partial charge in [-0.2, -0.15) is 0 Å². The lowest BCUT2D eigenvalue weighted by atomic mass is 9.95. The van der Waals surface area contributed by atoms with E-state index in [-0.39, 0.29) is 0 Å². The van der Waals surface area contributed by atoms with Gasteiger partial charge in [-0.1, -0.05) is 30.3 Å². The van der Waals surface area contributed by atoms with Gasteiger partial charge in [-0.25, -0.2) is 4.98 Å². The topological polar surface area (TPSA) is 64.5 Å². The second-order valence-electron chi connectivity index (χ2n) is 7.64. The van der Waals surface area contributed by atoms with Gasteiger partial charge in [0, 0.05) is 30.6 Å². The average Bonchev–Trinajstić information content (AvgIpc) is 2.78. The van der Waals surface area contributed by atoms with Gasteiger partial charge >= 0.3 is 0 Å². The Morgan fingerprint density at radius 1 is 1.03 bits per heavy atom. The van der Waals surface area contributed by atoms with Crippen molar-refractivity contribution >= 4 is 10.9 Å². The molecule has 30 heavy (non-hydrogen) atoms. The van der Waals surface area contributed by atoms with Crippen LogP contribution < -0.4 is 9.47 Å². The van der Waals surface area contributed by atoms with Crippen LogP contribution in [-0.4, -0.2) is 20.9 Å². The van der Waals surface area contributed by atoms with Crippen LogP contribution in [0.4, 0.5) is 0 Å². The van der Waals surface area contributed by atoms with E-state index in [1.807, 2.05) is 60.7 Å². The van der Waals surface area contributed by atoms with E-state index in [1.165, 1.54) is 0 Å². The summed E-state index contributed by atoms with van der Waals surface area (Å²) in [5.74, 6) is 0.252. The summed E-state index contributed by atoms with van der Waals surface area (Å²) >= 11 is 0. The third kappa shape index (κ3) is 3.98. The number of para-hydroxylation sites is 1. The van der Waals surface area contributed by atoms with Gasteiger partial charge in [0.1, 0.15) is 18.1 Å². The van der Waals surface area contributed by atoms with Crippen LogP contribution in [0.3, 0.4) is 0 Å². The summed E-state index contributed by atoms with van der Waals surface area (Å²) in [6, 6.07) is 21.6. The number of aliphatic hydroxyl groups is 1. The molecule has 1 aliphatic rings. The second kappa shape index (κ2) is 7.76. The minimum absolute atomic E-state index is 0.398. The summed E-state index contributed by atoms with van der Waals surface area (Å²) in [6.45, 7) is 0.398. The van der Waals surface area contributed by atoms with E-state index < -0.39 is 5.79 Å². The predicted molar refractivity (Wildman–Crippen MR) is 114 cm³/mol. The number of hydrogen-bond donors (Lipinski definition) is 1. The standard InChI is InChI=1S/C25H22N2O3/c28-25(15-18-4-3-13-26-16-18)12-11-20-14-22(9-10-24(20)30-25)29-17-21-8-7-19-5-1-2-6-23(19)27-21/h1-10,13-14,16,28H,11-12,15,17H2. The van der Waals surface area contributed by atoms with E-state index >= 15 is 0 Å². The van der Waals surface area contributed by atoms with Gasteiger partial charge in [0.25, 0.3) is 0 Å². The van der Waals surface area contributed by atoms with Gasteiger partial charge in [0.15, 0.2) is 0 Å². The van der Waals surface area contributed by atoms with Gasteiger partial charge in [-0.15, -0.1) is 0 Å². The molecule has 1 unspecified atom stereocenters. The quantitative estimate of drug-likeness (QED) is 0.538. The lowest BCUT2D eigenvalue weighted by molar-refractivity contribution is -0.148. The van der Waals surface area contributed by atoms with Crippen LogP contribution in [0.15, 0.2) is 79.1 Å². The number of pyridine rings is 2. The molecule has 0 bridgehead atoms. The van der Waals surface area contributed by atoms with Crippen LogP contribution in [0.25, 0.3) is 10.9 Å². The first-order valence-electron chi connectivity index (χ1n) is 10.1. The van der Waals surface area contributed by atoms with Crippen molar-refractivity contribution in [1.29, 1.82) is 0 Å². The molecule has 1 aliphatic heterocycles. The maximum atomic E-state index is 10.9. The lowest BCUT2D eigenvalue weighted by Gasteiger charge is -2.34. The molecule has 0 saturated heterocycles. The monoisotopic (exact) mass is 398 g/mol. The average molecular weight is 398 g/mol. The Morgan fingerprint density at radius 2 is 1.97 bits per heavy atom. The van der Waals surface area contributed by atoms with Crippen molar-refractivity contribution in [1.82, 2.24) is 9.97 Å². The predicted octanol–water partition coefficient (Wildman–Crippen LogP) is 4.47. The van der Waals surface area contributed by atoms with Crippen molar-refractivity contribution in [2.24, 2.45) is 0 Å². The molecule has 0 fully saturated rings. The first-order chi connectivity index (χ1) is 14.7. The highest BCUT2D eigenvalue weighted by molar-refractivity contribution is 5.78. The molecular formula is C25H22N2O3. The van der Waals surface area contributed by atoms with Crippen molar-refractivity contribution in [3.05, 3.63) is 95.9 Å². The van der Waals surface area contributed by atoms with Crippen molar-refractivity contribution in [3.8, 4) is 11.5 Å². The van der Waals surface area contributed by atoms with E-state index in [1.54, 1.807) is 12.4 Å². The Morgan fingerprint density at radius 3 is 2.87 bits per heavy atom. The summed E-state index contributed by atoms with van der Waals surface area (Å²) in [5.41, 5.74) is 3.83. The molecule has 5 nitrogen and oxygen atoms in total. The van der Waals surface area contributed by atoms with Crippen molar-refractivity contribution in [2.75, 3.05) is 0 Å². The molecular weight excluding hydrogens is 376 g/mol. The van der Waals surface area contributed by atoms with Crippen molar-refractivity contribution < 1.29 is 14.6 Å². The molecule has 0 aliphatic carbocycles. The molecule has 4 aromatic rings. The number of benzene rings is 2. The first-order valence-corrected chi connectivity index (χ1v) is 10.1. The maximum Gasteiger partial charge on any atom is 0.212 e. The fourth-order valence-corrected chi connectivity index (χ4v) is 3.82. The van der Waals surface area contributed by atoms with Gasteiger partial charge in [-0.05, 0) is 53.9 Å². The molecule has 0 saturated carbocycles. The Hall–Kier alpha value is -3.44. The van der Waals surface area contributed by atoms with Crippen LogP contribution in [0.1, 0.15) is 23.2 Å². The molecule has 5 heteroatoms. The van der Waals surface area contributed by atoms with E-state index in [9.17, 15) is 5.11 Å². The maximum absolute atomic E-state index is 10.9. The summed E-state index contributed by atoms with van der Waals surface area (Å²) in [7, 11) is 0. The SMILES string of the molecule is OC1(Cc2cccnc2)CCc2cc(OCc3ccc4ccccc4n3)ccc2O1. The minimum Gasteiger partial charge on any atom is -0.487 e. The zero-order valence-corrected chi connectivity index (χ0v) is 16.5. The van der Waals surface area contributed by atoms with E-state index in [4.69, 9.17) is 9.47 Å². The number of hydrogen-bond acceptors (Lipinski definition) is 5. The normalized spacial score (nSPS) is 17.9. The lowest BCUT2D eigenvalue weighted by Crippen LogP contribution is -2.41. The number of ether oxygens (including phenoxy) is 2. The molecule has 1 atom stereocenters. The Bertz CT molecular complexity index is 1180. The van der Waals surface area contributed by atoms with Crippen LogP contribution in [0.5, 0.6) is 11.5 Å². The molecule has 150 valence electrons. The first kappa shape index (κ1) is 18.6. The van der Waals surface area contributed by atoms with E-state index in [2.05, 4.69) is 16.0 Å². The molecule has 0 radical (unpaired) electrons.